The Hall–Kier alpha value is -2.96. The Morgan fingerprint density at radius 1 is 1.15 bits per heavy atom. The lowest BCUT2D eigenvalue weighted by atomic mass is 10.2. The topological polar surface area (TPSA) is 79.8 Å². The first-order valence-corrected chi connectivity index (χ1v) is 7.92. The highest BCUT2D eigenvalue weighted by atomic mass is 35.5. The summed E-state index contributed by atoms with van der Waals surface area (Å²) in [5.41, 5.74) is -0.626. The third kappa shape index (κ3) is 4.07. The van der Waals surface area contributed by atoms with Crippen LogP contribution >= 0.6 is 23.2 Å². The molecular formula is C16H7Cl2F3N6. The summed E-state index contributed by atoms with van der Waals surface area (Å²) < 4.78 is 39.8. The van der Waals surface area contributed by atoms with Crippen molar-refractivity contribution in [3.05, 3.63) is 63.8 Å². The van der Waals surface area contributed by atoms with Gasteiger partial charge in [0, 0.05) is 18.5 Å². The van der Waals surface area contributed by atoms with Crippen molar-refractivity contribution in [3.63, 3.8) is 0 Å². The second-order valence-electron chi connectivity index (χ2n) is 5.09. The van der Waals surface area contributed by atoms with Crippen LogP contribution in [0.4, 0.5) is 19.0 Å². The van der Waals surface area contributed by atoms with Crippen LogP contribution in [-0.4, -0.2) is 26.0 Å². The highest BCUT2D eigenvalue weighted by Gasteiger charge is 2.32. The Morgan fingerprint density at radius 2 is 1.85 bits per heavy atom. The number of hydrogen-bond donors (Lipinski definition) is 0. The van der Waals surface area contributed by atoms with E-state index >= 15 is 0 Å². The zero-order valence-electron chi connectivity index (χ0n) is 13.1. The number of nitrogens with zero attached hydrogens (tertiary/aromatic N) is 6. The van der Waals surface area contributed by atoms with Gasteiger partial charge in [-0.15, -0.1) is 0 Å². The molecule has 3 rings (SSSR count). The van der Waals surface area contributed by atoms with Gasteiger partial charge in [-0.05, 0) is 12.1 Å². The van der Waals surface area contributed by atoms with Gasteiger partial charge in [-0.25, -0.2) is 9.67 Å². The van der Waals surface area contributed by atoms with E-state index < -0.39 is 11.7 Å². The van der Waals surface area contributed by atoms with E-state index in [9.17, 15) is 13.2 Å². The summed E-state index contributed by atoms with van der Waals surface area (Å²) in [6.45, 7) is 0. The number of nitriles is 1. The molecule has 2 aromatic heterocycles. The van der Waals surface area contributed by atoms with E-state index in [0.717, 1.165) is 16.8 Å². The fourth-order valence-electron chi connectivity index (χ4n) is 2.12. The van der Waals surface area contributed by atoms with Gasteiger partial charge < -0.3 is 0 Å². The van der Waals surface area contributed by atoms with Crippen molar-refractivity contribution in [1.82, 2.24) is 19.7 Å². The molecule has 0 radical (unpaired) electrons. The predicted octanol–water partition coefficient (Wildman–Crippen LogP) is 4.61. The number of aliphatic imine (C=N–C) groups is 1. The summed E-state index contributed by atoms with van der Waals surface area (Å²) in [5, 5.41) is 12.5. The van der Waals surface area contributed by atoms with Gasteiger partial charge in [-0.1, -0.05) is 23.2 Å². The maximum absolute atomic E-state index is 12.9. The van der Waals surface area contributed by atoms with E-state index in [1.54, 1.807) is 0 Å². The molecule has 3 aromatic rings. The molecular weight excluding hydrogens is 404 g/mol. The maximum Gasteiger partial charge on any atom is 0.416 e. The average Bonchev–Trinajstić information content (AvgIpc) is 3.02. The van der Waals surface area contributed by atoms with Crippen LogP contribution in [0.1, 0.15) is 17.0 Å². The zero-order chi connectivity index (χ0) is 19.6. The van der Waals surface area contributed by atoms with Gasteiger partial charge in [0.05, 0.1) is 33.7 Å². The van der Waals surface area contributed by atoms with Crippen LogP contribution < -0.4 is 0 Å². The molecule has 0 aliphatic rings. The molecule has 2 heterocycles. The van der Waals surface area contributed by atoms with Crippen molar-refractivity contribution in [1.29, 1.82) is 5.26 Å². The van der Waals surface area contributed by atoms with E-state index in [-0.39, 0.29) is 27.2 Å². The summed E-state index contributed by atoms with van der Waals surface area (Å²) in [4.78, 5) is 12.1. The third-order valence-electron chi connectivity index (χ3n) is 3.27. The molecule has 11 heteroatoms. The largest absolute Gasteiger partial charge is 0.416 e. The molecule has 27 heavy (non-hydrogen) atoms. The summed E-state index contributed by atoms with van der Waals surface area (Å²) in [6.07, 6.45) is 1.14. The molecule has 0 saturated heterocycles. The molecule has 0 bridgehead atoms. The molecule has 6 nitrogen and oxygen atoms in total. The predicted molar refractivity (Wildman–Crippen MR) is 92.6 cm³/mol. The number of hydrogen-bond acceptors (Lipinski definition) is 5. The Kier molecular flexibility index (Phi) is 5.12. The van der Waals surface area contributed by atoms with Crippen molar-refractivity contribution in [2.75, 3.05) is 0 Å². The van der Waals surface area contributed by atoms with Gasteiger partial charge in [-0.2, -0.15) is 23.5 Å². The summed E-state index contributed by atoms with van der Waals surface area (Å²) in [6, 6.07) is 4.62. The first-order valence-electron chi connectivity index (χ1n) is 7.16. The Balaban J connectivity index is 2.11. The molecule has 0 fully saturated rings. The van der Waals surface area contributed by atoms with Gasteiger partial charge in [-0.3, -0.25) is 9.97 Å². The quantitative estimate of drug-likeness (QED) is 0.590. The van der Waals surface area contributed by atoms with Crippen molar-refractivity contribution in [2.24, 2.45) is 4.99 Å². The maximum atomic E-state index is 12.9. The molecule has 0 unspecified atom stereocenters. The third-order valence-corrected chi connectivity index (χ3v) is 3.85. The number of halogens is 5. The molecule has 136 valence electrons. The minimum absolute atomic E-state index is 0.0201. The monoisotopic (exact) mass is 410 g/mol. The van der Waals surface area contributed by atoms with E-state index in [4.69, 9.17) is 28.5 Å². The van der Waals surface area contributed by atoms with Crippen LogP contribution in [0.15, 0.2) is 41.8 Å². The standard InChI is InChI=1S/C16H7Cl2F3N6/c17-12-3-9(16(19,20)21)4-13(18)15(12)27-14(5-10(6-22)26-27)25-8-11-7-23-1-2-24-11/h1-5,7-8H/b25-8+. The van der Waals surface area contributed by atoms with E-state index in [0.29, 0.717) is 5.69 Å². The first kappa shape index (κ1) is 18.8. The van der Waals surface area contributed by atoms with Crippen molar-refractivity contribution < 1.29 is 13.2 Å². The minimum Gasteiger partial charge on any atom is -0.261 e. The summed E-state index contributed by atoms with van der Waals surface area (Å²) >= 11 is 12.0. The molecule has 0 spiro atoms. The van der Waals surface area contributed by atoms with E-state index in [1.165, 1.54) is 30.9 Å². The van der Waals surface area contributed by atoms with Gasteiger partial charge >= 0.3 is 6.18 Å². The van der Waals surface area contributed by atoms with Crippen LogP contribution in [0.3, 0.4) is 0 Å². The number of alkyl halides is 3. The highest BCUT2D eigenvalue weighted by molar-refractivity contribution is 6.38. The van der Waals surface area contributed by atoms with Crippen LogP contribution in [0.5, 0.6) is 0 Å². The van der Waals surface area contributed by atoms with Crippen LogP contribution in [0, 0.1) is 11.3 Å². The Morgan fingerprint density at radius 3 is 2.41 bits per heavy atom. The van der Waals surface area contributed by atoms with Crippen molar-refractivity contribution in [3.8, 4) is 11.8 Å². The van der Waals surface area contributed by atoms with Crippen LogP contribution in [-0.2, 0) is 6.18 Å². The van der Waals surface area contributed by atoms with Gasteiger partial charge in [0.2, 0.25) is 0 Å². The Labute approximate surface area is 160 Å². The van der Waals surface area contributed by atoms with Crippen molar-refractivity contribution >= 4 is 35.2 Å². The van der Waals surface area contributed by atoms with E-state index in [1.807, 2.05) is 6.07 Å². The Bertz CT molecular complexity index is 1030. The second-order valence-corrected chi connectivity index (χ2v) is 5.90. The fourth-order valence-corrected chi connectivity index (χ4v) is 2.77. The number of aromatic nitrogens is 4. The molecule has 0 atom stereocenters. The van der Waals surface area contributed by atoms with Gasteiger partial charge in [0.15, 0.2) is 11.5 Å². The molecule has 0 amide bonds. The van der Waals surface area contributed by atoms with Gasteiger partial charge in [0.25, 0.3) is 0 Å². The molecule has 0 N–H and O–H groups in total. The van der Waals surface area contributed by atoms with Gasteiger partial charge in [0.1, 0.15) is 11.8 Å². The molecule has 0 aliphatic carbocycles. The molecule has 1 aromatic carbocycles. The van der Waals surface area contributed by atoms with Crippen molar-refractivity contribution in [2.45, 2.75) is 6.18 Å². The molecule has 0 aliphatic heterocycles. The van der Waals surface area contributed by atoms with E-state index in [2.05, 4.69) is 20.1 Å². The van der Waals surface area contributed by atoms with Crippen LogP contribution in [0.25, 0.3) is 5.69 Å². The summed E-state index contributed by atoms with van der Waals surface area (Å²) in [7, 11) is 0. The lowest BCUT2D eigenvalue weighted by molar-refractivity contribution is -0.137. The smallest absolute Gasteiger partial charge is 0.261 e. The van der Waals surface area contributed by atoms with Crippen LogP contribution in [0.2, 0.25) is 10.0 Å². The highest BCUT2D eigenvalue weighted by Crippen LogP contribution is 2.38. The summed E-state index contributed by atoms with van der Waals surface area (Å²) in [5.74, 6) is 0.126. The normalized spacial score (nSPS) is 11.7. The zero-order valence-corrected chi connectivity index (χ0v) is 14.6. The number of rotatable bonds is 3. The average molecular weight is 411 g/mol. The second kappa shape index (κ2) is 7.34. The lowest BCUT2D eigenvalue weighted by Gasteiger charge is -2.13. The molecule has 0 saturated carbocycles. The lowest BCUT2D eigenvalue weighted by Crippen LogP contribution is -2.07. The number of benzene rings is 1. The first-order chi connectivity index (χ1) is 12.8. The SMILES string of the molecule is N#Cc1cc(/N=C/c2cnccn2)n(-c2c(Cl)cc(C(F)(F)F)cc2Cl)n1. The minimum atomic E-state index is -4.61. The fraction of sp³-hybridized carbons (Fsp3) is 0.0625.